The fraction of sp³-hybridized carbons (Fsp3) is 0.333. The highest BCUT2D eigenvalue weighted by Crippen LogP contribution is 1.49. The van der Waals surface area contributed by atoms with Crippen molar-refractivity contribution in [3.63, 3.8) is 0 Å². The second-order valence-electron chi connectivity index (χ2n) is 0.768. The van der Waals surface area contributed by atoms with E-state index in [1.54, 1.807) is 6.21 Å². The lowest BCUT2D eigenvalue weighted by Crippen LogP contribution is -1.88. The van der Waals surface area contributed by atoms with Crippen molar-refractivity contribution in [1.82, 2.24) is 0 Å². The van der Waals surface area contributed by atoms with Crippen LogP contribution in [-0.2, 0) is 4.79 Å². The summed E-state index contributed by atoms with van der Waals surface area (Å²) in [4.78, 5) is 12.0. The lowest BCUT2D eigenvalue weighted by atomic mass is 10.5. The van der Waals surface area contributed by atoms with Crippen LogP contribution in [0.3, 0.4) is 0 Å². The van der Waals surface area contributed by atoms with Gasteiger partial charge in [0.25, 0.3) is 0 Å². The van der Waals surface area contributed by atoms with Gasteiger partial charge in [0.1, 0.15) is 0 Å². The summed E-state index contributed by atoms with van der Waals surface area (Å²) in [5.74, 6) is -0.377. The third-order valence-corrected chi connectivity index (χ3v) is 0.207. The Balaban J connectivity index is 3.60. The number of carbonyl (C=O) groups is 1. The molecule has 0 atom stereocenters. The van der Waals surface area contributed by atoms with Gasteiger partial charge in [0.15, 0.2) is 0 Å². The highest BCUT2D eigenvalue weighted by atomic mass is 16.1. The van der Waals surface area contributed by atoms with Gasteiger partial charge < -0.3 is 15.1 Å². The van der Waals surface area contributed by atoms with Gasteiger partial charge in [-0.1, -0.05) is 0 Å². The molecule has 32 valence electrons. The zero-order valence-corrected chi connectivity index (χ0v) is 3.30. The van der Waals surface area contributed by atoms with E-state index >= 15 is 0 Å². The molecule has 0 aromatic rings. The van der Waals surface area contributed by atoms with Crippen molar-refractivity contribution in [2.45, 2.75) is 6.92 Å². The van der Waals surface area contributed by atoms with E-state index in [0.29, 0.717) is 0 Å². The summed E-state index contributed by atoms with van der Waals surface area (Å²) >= 11 is 0. The predicted octanol–water partition coefficient (Wildman–Crippen LogP) is -0.247. The van der Waals surface area contributed by atoms with Gasteiger partial charge in [0, 0.05) is 6.21 Å². The summed E-state index contributed by atoms with van der Waals surface area (Å²) in [6.45, 7) is 1.25. The molecule has 0 aliphatic heterocycles. The normalized spacial score (nSPS) is 6.17. The Morgan fingerprint density at radius 2 is 2.50 bits per heavy atom. The summed E-state index contributed by atoms with van der Waals surface area (Å²) in [5, 5.41) is 0. The third kappa shape index (κ3) is 3.05. The van der Waals surface area contributed by atoms with Gasteiger partial charge >= 0.3 is 0 Å². The number of ketones is 1. The number of nitrogens with zero attached hydrogens (tertiary/aromatic N) is 2. The Morgan fingerprint density at radius 1 is 2.00 bits per heavy atom. The fourth-order valence-electron chi connectivity index (χ4n) is 0.0704. The van der Waals surface area contributed by atoms with E-state index in [-0.39, 0.29) is 5.78 Å². The molecule has 0 rings (SSSR count). The molecule has 0 aliphatic carbocycles. The van der Waals surface area contributed by atoms with Crippen LogP contribution in [0.2, 0.25) is 0 Å². The molecule has 0 saturated carbocycles. The standard InChI is InChI=1S/C3H3N2O/c1-3(6)2-5-4/h1H3/q-1. The lowest BCUT2D eigenvalue weighted by molar-refractivity contribution is -0.114. The zero-order valence-electron chi connectivity index (χ0n) is 3.30. The van der Waals surface area contributed by atoms with Crippen molar-refractivity contribution in [3.8, 4) is 0 Å². The van der Waals surface area contributed by atoms with Crippen LogP contribution < -0.4 is 0 Å². The molecule has 0 spiro atoms. The van der Waals surface area contributed by atoms with E-state index < -0.39 is 0 Å². The smallest absolute Gasteiger partial charge is 0.0535 e. The fourth-order valence-corrected chi connectivity index (χ4v) is 0.0704. The summed E-state index contributed by atoms with van der Waals surface area (Å²) in [6.07, 6.45) is 1.75. The molecule has 3 heteroatoms. The largest absolute Gasteiger partial charge is 0.407 e. The van der Waals surface area contributed by atoms with Crippen LogP contribution in [-0.4, -0.2) is 16.8 Å². The van der Waals surface area contributed by atoms with E-state index in [0.717, 1.165) is 0 Å². The maximum atomic E-state index is 9.68. The monoisotopic (exact) mass is 83.0 g/mol. The van der Waals surface area contributed by atoms with Crippen LogP contribution in [0.5, 0.6) is 0 Å². The van der Waals surface area contributed by atoms with Crippen LogP contribution in [0, 0.1) is 0 Å². The van der Waals surface area contributed by atoms with E-state index in [2.05, 4.69) is 4.79 Å². The van der Waals surface area contributed by atoms with E-state index in [1.807, 2.05) is 0 Å². The lowest BCUT2D eigenvalue weighted by Gasteiger charge is -1.72. The minimum atomic E-state index is -0.377. The van der Waals surface area contributed by atoms with Crippen molar-refractivity contribution < 1.29 is 9.58 Å². The Hall–Kier alpha value is -0.950. The van der Waals surface area contributed by atoms with Crippen molar-refractivity contribution in [2.75, 3.05) is 0 Å². The minimum Gasteiger partial charge on any atom is -0.407 e. The van der Waals surface area contributed by atoms with Gasteiger partial charge in [0.2, 0.25) is 0 Å². The third-order valence-electron chi connectivity index (χ3n) is 0.207. The van der Waals surface area contributed by atoms with E-state index in [9.17, 15) is 4.79 Å². The van der Waals surface area contributed by atoms with Gasteiger partial charge in [-0.15, -0.1) is 0 Å². The van der Waals surface area contributed by atoms with Crippen molar-refractivity contribution in [3.05, 3.63) is 5.53 Å². The molecular formula is C3H3N2O-. The number of hydrogen-bond donors (Lipinski definition) is 0. The molecule has 0 aliphatic rings. The minimum absolute atomic E-state index is 0.377. The first-order valence-electron chi connectivity index (χ1n) is 1.38. The molecule has 0 heterocycles. The molecule has 0 aromatic carbocycles. The second kappa shape index (κ2) is 2.30. The van der Waals surface area contributed by atoms with Gasteiger partial charge in [-0.3, -0.25) is 0 Å². The first-order valence-corrected chi connectivity index (χ1v) is 1.38. The maximum absolute atomic E-state index is 9.68. The summed E-state index contributed by atoms with van der Waals surface area (Å²) in [6, 6.07) is 0. The van der Waals surface area contributed by atoms with Crippen molar-refractivity contribution in [1.29, 1.82) is 0 Å². The summed E-state index contributed by atoms with van der Waals surface area (Å²) < 4.78 is 0. The van der Waals surface area contributed by atoms with Gasteiger partial charge in [-0.25, -0.2) is 0 Å². The molecular weight excluding hydrogens is 80.0 g/mol. The Kier molecular flexibility index (Phi) is 1.93. The van der Waals surface area contributed by atoms with Crippen LogP contribution in [0.25, 0.3) is 5.53 Å². The molecule has 0 saturated heterocycles. The van der Waals surface area contributed by atoms with Crippen LogP contribution in [0.15, 0.2) is 0 Å². The SMILES string of the molecule is CC(=O)[C-]=[N+]=[N-]. The molecule has 0 N–H and O–H groups in total. The van der Waals surface area contributed by atoms with Crippen molar-refractivity contribution in [2.24, 2.45) is 0 Å². The second-order valence-corrected chi connectivity index (χ2v) is 0.768. The molecule has 0 amide bonds. The molecule has 0 aromatic heterocycles. The van der Waals surface area contributed by atoms with Crippen LogP contribution in [0.1, 0.15) is 6.92 Å². The van der Waals surface area contributed by atoms with Gasteiger partial charge in [-0.2, -0.15) is 0 Å². The van der Waals surface area contributed by atoms with E-state index in [1.165, 1.54) is 6.92 Å². The molecule has 0 unspecified atom stereocenters. The van der Waals surface area contributed by atoms with Crippen LogP contribution >= 0.6 is 0 Å². The predicted molar refractivity (Wildman–Crippen MR) is 19.3 cm³/mol. The Morgan fingerprint density at radius 3 is 2.50 bits per heavy atom. The van der Waals surface area contributed by atoms with Gasteiger partial charge in [0.05, 0.1) is 5.78 Å². The summed E-state index contributed by atoms with van der Waals surface area (Å²) in [7, 11) is 0. The molecule has 0 radical (unpaired) electrons. The van der Waals surface area contributed by atoms with E-state index in [4.69, 9.17) is 5.53 Å². The number of rotatable bonds is 1. The quantitative estimate of drug-likeness (QED) is 0.187. The average molecular weight is 83.1 g/mol. The Bertz CT molecular complexity index is 101. The van der Waals surface area contributed by atoms with Crippen LogP contribution in [0.4, 0.5) is 0 Å². The highest BCUT2D eigenvalue weighted by Gasteiger charge is 1.64. The number of Topliss-reactive ketones (excluding diaryl/α,β-unsaturated/α-hetero) is 1. The van der Waals surface area contributed by atoms with Gasteiger partial charge in [-0.05, 0) is 6.92 Å². The zero-order chi connectivity index (χ0) is 4.99. The average Bonchev–Trinajstić information content (AvgIpc) is 1.35. The molecule has 0 fully saturated rings. The first-order chi connectivity index (χ1) is 2.77. The molecule has 3 nitrogen and oxygen atoms in total. The maximum Gasteiger partial charge on any atom is 0.0535 e. The van der Waals surface area contributed by atoms with Crippen molar-refractivity contribution >= 4 is 12.0 Å². The summed E-state index contributed by atoms with van der Waals surface area (Å²) in [5.41, 5.74) is 7.53. The number of hydrogen-bond acceptors (Lipinski definition) is 1. The highest BCUT2D eigenvalue weighted by molar-refractivity contribution is 6.23. The number of carbonyl (C=O) groups excluding carboxylic acids is 1. The molecule has 0 bridgehead atoms. The molecule has 6 heavy (non-hydrogen) atoms. The first kappa shape index (κ1) is 5.05. The Labute approximate surface area is 35.2 Å². The topological polar surface area (TPSA) is 53.5 Å².